The number of hydrogen-bond acceptors (Lipinski definition) is 3. The molecule has 0 radical (unpaired) electrons. The van der Waals surface area contributed by atoms with Crippen molar-refractivity contribution in [2.75, 3.05) is 0 Å². The average molecular weight is 295 g/mol. The van der Waals surface area contributed by atoms with Crippen LogP contribution in [0.25, 0.3) is 0 Å². The lowest BCUT2D eigenvalue weighted by Crippen LogP contribution is -2.01. The lowest BCUT2D eigenvalue weighted by atomic mass is 10.1. The summed E-state index contributed by atoms with van der Waals surface area (Å²) in [7, 11) is 0. The number of nitrogens with zero attached hydrogens (tertiary/aromatic N) is 1. The summed E-state index contributed by atoms with van der Waals surface area (Å²) < 4.78 is 0.748. The minimum absolute atomic E-state index is 0.748. The molecular weight excluding hydrogens is 284 g/mol. The number of halogens is 1. The highest BCUT2D eigenvalue weighted by Crippen LogP contribution is 2.28. The monoisotopic (exact) mass is 294 g/mol. The first-order valence-corrected chi connectivity index (χ1v) is 7.59. The third-order valence-corrected chi connectivity index (χ3v) is 4.51. The summed E-state index contributed by atoms with van der Waals surface area (Å²) in [6.07, 6.45) is 0.763. The van der Waals surface area contributed by atoms with E-state index < -0.39 is 0 Å². The Hall–Kier alpha value is -0.840. The predicted octanol–water partition coefficient (Wildman–Crippen LogP) is 4.13. The number of aromatic nitrogens is 2. The standard InChI is InChI=1S/C13H11ClN2S2/c14-9-3-1-8(2-4-9)5-12-15-11-7-18-6-10(11)13(17)16-12/h1-4H,5-7H2,(H,15,16,17). The maximum Gasteiger partial charge on any atom is 0.134 e. The van der Waals surface area contributed by atoms with Crippen molar-refractivity contribution in [3.8, 4) is 0 Å². The van der Waals surface area contributed by atoms with Gasteiger partial charge in [0.25, 0.3) is 0 Å². The molecule has 5 heteroatoms. The molecule has 18 heavy (non-hydrogen) atoms. The zero-order valence-electron chi connectivity index (χ0n) is 9.57. The van der Waals surface area contributed by atoms with Crippen LogP contribution in [0.2, 0.25) is 5.02 Å². The Bertz CT molecular complexity index is 634. The quantitative estimate of drug-likeness (QED) is 0.844. The van der Waals surface area contributed by atoms with Crippen LogP contribution < -0.4 is 0 Å². The van der Waals surface area contributed by atoms with Crippen molar-refractivity contribution in [3.63, 3.8) is 0 Å². The Morgan fingerprint density at radius 1 is 1.28 bits per heavy atom. The van der Waals surface area contributed by atoms with Crippen LogP contribution in [0.15, 0.2) is 24.3 Å². The number of rotatable bonds is 2. The van der Waals surface area contributed by atoms with Crippen molar-refractivity contribution in [1.82, 2.24) is 9.97 Å². The largest absolute Gasteiger partial charge is 0.346 e. The van der Waals surface area contributed by atoms with Crippen molar-refractivity contribution in [3.05, 3.63) is 56.6 Å². The molecule has 0 bridgehead atoms. The van der Waals surface area contributed by atoms with Crippen LogP contribution in [0.4, 0.5) is 0 Å². The molecule has 3 rings (SSSR count). The van der Waals surface area contributed by atoms with E-state index in [2.05, 4.69) is 9.97 Å². The number of fused-ring (bicyclic) bond motifs is 1. The predicted molar refractivity (Wildman–Crippen MR) is 78.7 cm³/mol. The SMILES string of the molecule is S=c1nc(Cc2ccc(Cl)cc2)[nH]c2c1CSC2. The van der Waals surface area contributed by atoms with Gasteiger partial charge in [-0.15, -0.1) is 0 Å². The van der Waals surface area contributed by atoms with Crippen molar-refractivity contribution in [2.45, 2.75) is 17.9 Å². The van der Waals surface area contributed by atoms with Crippen LogP contribution in [0.5, 0.6) is 0 Å². The molecule has 0 saturated heterocycles. The molecule has 0 atom stereocenters. The van der Waals surface area contributed by atoms with Crippen LogP contribution in [0.3, 0.4) is 0 Å². The molecule has 0 saturated carbocycles. The Morgan fingerprint density at radius 2 is 2.06 bits per heavy atom. The summed E-state index contributed by atoms with van der Waals surface area (Å²) in [5, 5.41) is 0.755. The number of hydrogen-bond donors (Lipinski definition) is 1. The highest BCUT2D eigenvalue weighted by Gasteiger charge is 2.15. The molecule has 1 N–H and O–H groups in total. The average Bonchev–Trinajstić information content (AvgIpc) is 2.81. The van der Waals surface area contributed by atoms with E-state index in [9.17, 15) is 0 Å². The third kappa shape index (κ3) is 2.46. The van der Waals surface area contributed by atoms with Crippen LogP contribution in [-0.4, -0.2) is 9.97 Å². The van der Waals surface area contributed by atoms with Crippen molar-refractivity contribution < 1.29 is 0 Å². The van der Waals surface area contributed by atoms with Gasteiger partial charge in [-0.25, -0.2) is 4.98 Å². The zero-order valence-corrected chi connectivity index (χ0v) is 12.0. The summed E-state index contributed by atoms with van der Waals surface area (Å²) in [6.45, 7) is 0. The van der Waals surface area contributed by atoms with E-state index in [1.54, 1.807) is 0 Å². The van der Waals surface area contributed by atoms with Crippen LogP contribution in [0.1, 0.15) is 22.6 Å². The number of nitrogens with one attached hydrogen (secondary N) is 1. The number of H-pyrrole nitrogens is 1. The van der Waals surface area contributed by atoms with E-state index in [0.29, 0.717) is 0 Å². The minimum Gasteiger partial charge on any atom is -0.346 e. The molecule has 2 heterocycles. The van der Waals surface area contributed by atoms with Gasteiger partial charge in [-0.1, -0.05) is 36.0 Å². The third-order valence-electron chi connectivity index (χ3n) is 2.93. The van der Waals surface area contributed by atoms with Crippen molar-refractivity contribution in [1.29, 1.82) is 0 Å². The molecule has 2 nitrogen and oxygen atoms in total. The van der Waals surface area contributed by atoms with Gasteiger partial charge in [-0.05, 0) is 17.7 Å². The molecule has 0 unspecified atom stereocenters. The van der Waals surface area contributed by atoms with Crippen LogP contribution in [0, 0.1) is 4.64 Å². The van der Waals surface area contributed by atoms with Crippen molar-refractivity contribution in [2.24, 2.45) is 0 Å². The van der Waals surface area contributed by atoms with Gasteiger partial charge in [0, 0.05) is 34.2 Å². The Labute approximate surface area is 120 Å². The molecule has 1 aromatic heterocycles. The molecule has 1 aromatic carbocycles. The summed E-state index contributed by atoms with van der Waals surface area (Å²) >= 11 is 13.1. The first-order chi connectivity index (χ1) is 8.72. The van der Waals surface area contributed by atoms with Gasteiger partial charge in [0.1, 0.15) is 10.5 Å². The fourth-order valence-corrected chi connectivity index (χ4v) is 3.59. The van der Waals surface area contributed by atoms with Gasteiger partial charge >= 0.3 is 0 Å². The molecule has 0 aliphatic carbocycles. The first kappa shape index (κ1) is 12.2. The normalized spacial score (nSPS) is 13.6. The van der Waals surface area contributed by atoms with Gasteiger partial charge in [0.15, 0.2) is 0 Å². The first-order valence-electron chi connectivity index (χ1n) is 5.65. The number of benzene rings is 1. The molecule has 0 fully saturated rings. The fourth-order valence-electron chi connectivity index (χ4n) is 2.00. The summed E-state index contributed by atoms with van der Waals surface area (Å²) in [5.74, 6) is 2.93. The Balaban J connectivity index is 1.92. The van der Waals surface area contributed by atoms with E-state index in [4.69, 9.17) is 23.8 Å². The van der Waals surface area contributed by atoms with Crippen molar-refractivity contribution >= 4 is 35.6 Å². The molecule has 92 valence electrons. The number of aromatic amines is 1. The second kappa shape index (κ2) is 5.03. The van der Waals surface area contributed by atoms with Crippen LogP contribution in [-0.2, 0) is 17.9 Å². The van der Waals surface area contributed by atoms with E-state index >= 15 is 0 Å². The molecule has 2 aromatic rings. The Kier molecular flexibility index (Phi) is 3.41. The summed E-state index contributed by atoms with van der Waals surface area (Å²) in [4.78, 5) is 7.87. The van der Waals surface area contributed by atoms with E-state index in [1.807, 2.05) is 36.0 Å². The van der Waals surface area contributed by atoms with Gasteiger partial charge in [-0.2, -0.15) is 11.8 Å². The smallest absolute Gasteiger partial charge is 0.134 e. The highest BCUT2D eigenvalue weighted by atomic mass is 35.5. The molecule has 0 amide bonds. The molecular formula is C13H11ClN2S2. The molecule has 1 aliphatic heterocycles. The minimum atomic E-state index is 0.748. The maximum absolute atomic E-state index is 5.87. The lowest BCUT2D eigenvalue weighted by Gasteiger charge is -2.05. The second-order valence-corrected chi connectivity index (χ2v) is 6.05. The summed E-state index contributed by atoms with van der Waals surface area (Å²) in [6, 6.07) is 7.83. The number of thioether (sulfide) groups is 1. The van der Waals surface area contributed by atoms with E-state index in [-0.39, 0.29) is 0 Å². The Morgan fingerprint density at radius 3 is 2.83 bits per heavy atom. The van der Waals surface area contributed by atoms with Gasteiger partial charge in [0.2, 0.25) is 0 Å². The molecule has 1 aliphatic rings. The second-order valence-electron chi connectivity index (χ2n) is 4.24. The van der Waals surface area contributed by atoms with Gasteiger partial charge < -0.3 is 4.98 Å². The maximum atomic E-state index is 5.87. The van der Waals surface area contributed by atoms with Gasteiger partial charge in [-0.3, -0.25) is 0 Å². The molecule has 0 spiro atoms. The summed E-state index contributed by atoms with van der Waals surface area (Å²) in [5.41, 5.74) is 3.63. The van der Waals surface area contributed by atoms with E-state index in [1.165, 1.54) is 16.8 Å². The lowest BCUT2D eigenvalue weighted by molar-refractivity contribution is 0.919. The topological polar surface area (TPSA) is 28.7 Å². The van der Waals surface area contributed by atoms with E-state index in [0.717, 1.165) is 33.4 Å². The highest BCUT2D eigenvalue weighted by molar-refractivity contribution is 7.98. The van der Waals surface area contributed by atoms with Gasteiger partial charge in [0.05, 0.1) is 0 Å². The van der Waals surface area contributed by atoms with Crippen LogP contribution >= 0.6 is 35.6 Å². The zero-order chi connectivity index (χ0) is 12.5. The fraction of sp³-hybridized carbons (Fsp3) is 0.231.